The van der Waals surface area contributed by atoms with Gasteiger partial charge in [-0.25, -0.2) is 17.6 Å². The number of amides is 3. The Morgan fingerprint density at radius 2 is 1.83 bits per heavy atom. The van der Waals surface area contributed by atoms with Gasteiger partial charge in [0.15, 0.2) is 6.10 Å². The molecule has 0 saturated carbocycles. The summed E-state index contributed by atoms with van der Waals surface area (Å²) in [7, 11) is -2.92. The van der Waals surface area contributed by atoms with E-state index in [1.807, 2.05) is 0 Å². The van der Waals surface area contributed by atoms with Crippen molar-refractivity contribution in [2.45, 2.75) is 17.9 Å². The number of hydrogen-bond acceptors (Lipinski definition) is 6. The fourth-order valence-electron chi connectivity index (χ4n) is 1.56. The number of carbonyl (C=O) groups is 3. The highest BCUT2D eigenvalue weighted by Crippen LogP contribution is 2.14. The summed E-state index contributed by atoms with van der Waals surface area (Å²) in [5.74, 6) is -2.57. The fourth-order valence-corrected chi connectivity index (χ4v) is 2.68. The summed E-state index contributed by atoms with van der Waals surface area (Å²) in [5, 5.41) is 1.72. The van der Waals surface area contributed by atoms with Crippen molar-refractivity contribution >= 4 is 27.9 Å². The van der Waals surface area contributed by atoms with Crippen LogP contribution in [-0.4, -0.2) is 50.3 Å². The molecule has 0 unspecified atom stereocenters. The molecule has 3 amide bonds. The molecule has 1 rings (SSSR count). The van der Waals surface area contributed by atoms with E-state index >= 15 is 0 Å². The van der Waals surface area contributed by atoms with E-state index in [1.54, 1.807) is 5.32 Å². The van der Waals surface area contributed by atoms with Crippen LogP contribution < -0.4 is 11.1 Å². The van der Waals surface area contributed by atoms with Crippen LogP contribution in [0.15, 0.2) is 29.2 Å². The van der Waals surface area contributed by atoms with E-state index in [4.69, 9.17) is 10.5 Å². The minimum Gasteiger partial charge on any atom is -0.452 e. The first-order valence-electron chi connectivity index (χ1n) is 6.55. The molecular weight excluding hydrogens is 345 g/mol. The molecule has 1 aromatic rings. The maximum absolute atomic E-state index is 12.8. The Kier molecular flexibility index (Phi) is 6.37. The number of sulfonamides is 1. The predicted molar refractivity (Wildman–Crippen MR) is 79.5 cm³/mol. The maximum atomic E-state index is 12.8. The molecule has 0 aliphatic heterocycles. The Hall–Kier alpha value is -2.53. The van der Waals surface area contributed by atoms with E-state index in [9.17, 15) is 27.2 Å². The second kappa shape index (κ2) is 7.84. The van der Waals surface area contributed by atoms with Gasteiger partial charge in [-0.1, -0.05) is 0 Å². The van der Waals surface area contributed by atoms with Crippen LogP contribution in [0.4, 0.5) is 9.18 Å². The van der Waals surface area contributed by atoms with Gasteiger partial charge in [-0.3, -0.25) is 14.9 Å². The standard InChI is InChI=1S/C13H16FN3O6S/c1-8(12(19)16-13(15)20)23-11(18)7-17(2)24(21,22)10-5-3-9(14)4-6-10/h3-6,8H,7H2,1-2H3,(H3,15,16,19,20)/t8-/m1/s1. The Balaban J connectivity index is 2.70. The second-order valence-corrected chi connectivity index (χ2v) is 6.75. The van der Waals surface area contributed by atoms with Crippen LogP contribution in [-0.2, 0) is 24.3 Å². The van der Waals surface area contributed by atoms with Gasteiger partial charge in [-0.05, 0) is 31.2 Å². The fraction of sp³-hybridized carbons (Fsp3) is 0.308. The van der Waals surface area contributed by atoms with Crippen LogP contribution in [0.2, 0.25) is 0 Å². The monoisotopic (exact) mass is 361 g/mol. The number of urea groups is 1. The molecular formula is C13H16FN3O6S. The van der Waals surface area contributed by atoms with Crippen molar-refractivity contribution in [3.05, 3.63) is 30.1 Å². The SMILES string of the molecule is C[C@@H](OC(=O)CN(C)S(=O)(=O)c1ccc(F)cc1)C(=O)NC(N)=O. The second-order valence-electron chi connectivity index (χ2n) is 4.70. The predicted octanol–water partition coefficient (Wildman–Crippen LogP) is -0.427. The highest BCUT2D eigenvalue weighted by atomic mass is 32.2. The Labute approximate surface area is 137 Å². The van der Waals surface area contributed by atoms with Gasteiger partial charge >= 0.3 is 12.0 Å². The summed E-state index contributed by atoms with van der Waals surface area (Å²) in [6.45, 7) is 0.499. The average molecular weight is 361 g/mol. The Bertz CT molecular complexity index is 735. The number of nitrogens with one attached hydrogen (secondary N) is 1. The first kappa shape index (κ1) is 19.5. The summed E-state index contributed by atoms with van der Waals surface area (Å²) in [6, 6.07) is 2.93. The minimum absolute atomic E-state index is 0.210. The van der Waals surface area contributed by atoms with Gasteiger partial charge in [0, 0.05) is 7.05 Å². The van der Waals surface area contributed by atoms with Crippen molar-refractivity contribution in [3.8, 4) is 0 Å². The van der Waals surface area contributed by atoms with Gasteiger partial charge < -0.3 is 10.5 Å². The van der Waals surface area contributed by atoms with Gasteiger partial charge in [0.05, 0.1) is 4.90 Å². The summed E-state index contributed by atoms with van der Waals surface area (Å²) in [5.41, 5.74) is 4.75. The van der Waals surface area contributed by atoms with Crippen LogP contribution in [0.25, 0.3) is 0 Å². The number of nitrogens with zero attached hydrogens (tertiary/aromatic N) is 1. The highest BCUT2D eigenvalue weighted by Gasteiger charge is 2.26. The number of ether oxygens (including phenoxy) is 1. The smallest absolute Gasteiger partial charge is 0.322 e. The number of carbonyl (C=O) groups excluding carboxylic acids is 3. The van der Waals surface area contributed by atoms with Crippen molar-refractivity contribution in [3.63, 3.8) is 0 Å². The summed E-state index contributed by atoms with van der Waals surface area (Å²) < 4.78 is 42.6. The molecule has 1 aromatic carbocycles. The van der Waals surface area contributed by atoms with Gasteiger partial charge in [-0.2, -0.15) is 4.31 Å². The molecule has 0 radical (unpaired) electrons. The van der Waals surface area contributed by atoms with E-state index in [-0.39, 0.29) is 4.90 Å². The van der Waals surface area contributed by atoms with Crippen LogP contribution in [0.5, 0.6) is 0 Å². The van der Waals surface area contributed by atoms with Crippen molar-refractivity contribution < 1.29 is 31.9 Å². The zero-order valence-corrected chi connectivity index (χ0v) is 13.7. The molecule has 0 aliphatic rings. The Morgan fingerprint density at radius 1 is 1.29 bits per heavy atom. The molecule has 3 N–H and O–H groups in total. The number of imide groups is 1. The van der Waals surface area contributed by atoms with E-state index in [1.165, 1.54) is 6.92 Å². The lowest BCUT2D eigenvalue weighted by molar-refractivity contribution is -0.154. The third-order valence-corrected chi connectivity index (χ3v) is 4.62. The van der Waals surface area contributed by atoms with Crippen LogP contribution in [0.1, 0.15) is 6.92 Å². The molecule has 0 aromatic heterocycles. The number of rotatable bonds is 6. The van der Waals surface area contributed by atoms with E-state index in [0.29, 0.717) is 4.31 Å². The third-order valence-electron chi connectivity index (χ3n) is 2.80. The topological polar surface area (TPSA) is 136 Å². The number of benzene rings is 1. The van der Waals surface area contributed by atoms with Gasteiger partial charge in [0.2, 0.25) is 10.0 Å². The number of primary amides is 1. The van der Waals surface area contributed by atoms with Crippen molar-refractivity contribution in [2.75, 3.05) is 13.6 Å². The van der Waals surface area contributed by atoms with Gasteiger partial charge in [0.25, 0.3) is 5.91 Å². The molecule has 1 atom stereocenters. The lowest BCUT2D eigenvalue weighted by Gasteiger charge is -2.18. The van der Waals surface area contributed by atoms with Crippen LogP contribution in [0, 0.1) is 5.82 Å². The molecule has 24 heavy (non-hydrogen) atoms. The minimum atomic E-state index is -4.03. The number of hydrogen-bond donors (Lipinski definition) is 2. The zero-order chi connectivity index (χ0) is 18.5. The first-order chi connectivity index (χ1) is 11.0. The molecule has 0 fully saturated rings. The van der Waals surface area contributed by atoms with Crippen molar-refractivity contribution in [1.82, 2.24) is 9.62 Å². The quantitative estimate of drug-likeness (QED) is 0.660. The first-order valence-corrected chi connectivity index (χ1v) is 7.99. The highest BCUT2D eigenvalue weighted by molar-refractivity contribution is 7.89. The lowest BCUT2D eigenvalue weighted by atomic mass is 10.4. The zero-order valence-electron chi connectivity index (χ0n) is 12.9. The number of nitrogens with two attached hydrogens (primary N) is 1. The number of esters is 1. The molecule has 0 saturated heterocycles. The van der Waals surface area contributed by atoms with Crippen LogP contribution in [0.3, 0.4) is 0 Å². The van der Waals surface area contributed by atoms with E-state index in [0.717, 1.165) is 31.3 Å². The molecule has 11 heteroatoms. The van der Waals surface area contributed by atoms with E-state index < -0.39 is 46.4 Å². The molecule has 9 nitrogen and oxygen atoms in total. The largest absolute Gasteiger partial charge is 0.452 e. The van der Waals surface area contributed by atoms with Gasteiger partial charge in [-0.15, -0.1) is 0 Å². The normalized spacial score (nSPS) is 12.5. The number of likely N-dealkylation sites (N-methyl/N-ethyl adjacent to an activating group) is 1. The summed E-state index contributed by atoms with van der Waals surface area (Å²) in [6.07, 6.45) is -1.34. The summed E-state index contributed by atoms with van der Waals surface area (Å²) >= 11 is 0. The third kappa shape index (κ3) is 5.28. The number of halogens is 1. The van der Waals surface area contributed by atoms with Crippen LogP contribution >= 0.6 is 0 Å². The molecule has 0 bridgehead atoms. The summed E-state index contributed by atoms with van der Waals surface area (Å²) in [4.78, 5) is 33.4. The van der Waals surface area contributed by atoms with E-state index in [2.05, 4.69) is 0 Å². The maximum Gasteiger partial charge on any atom is 0.322 e. The molecule has 0 aliphatic carbocycles. The van der Waals surface area contributed by atoms with Crippen molar-refractivity contribution in [2.24, 2.45) is 5.73 Å². The molecule has 0 heterocycles. The van der Waals surface area contributed by atoms with Gasteiger partial charge in [0.1, 0.15) is 12.4 Å². The lowest BCUT2D eigenvalue weighted by Crippen LogP contribution is -2.43. The average Bonchev–Trinajstić information content (AvgIpc) is 2.46. The van der Waals surface area contributed by atoms with Crippen molar-refractivity contribution in [1.29, 1.82) is 0 Å². The molecule has 132 valence electrons. The molecule has 0 spiro atoms. The Morgan fingerprint density at radius 3 is 2.33 bits per heavy atom.